The molecule has 7 heteroatoms. The molecule has 3 rings (SSSR count). The molecule has 0 atom stereocenters. The molecule has 1 fully saturated rings. The lowest BCUT2D eigenvalue weighted by atomic mass is 10.1. The first kappa shape index (κ1) is 15.1. The topological polar surface area (TPSA) is 73.8 Å². The summed E-state index contributed by atoms with van der Waals surface area (Å²) >= 11 is 0. The van der Waals surface area contributed by atoms with Gasteiger partial charge in [-0.1, -0.05) is 6.92 Å². The predicted octanol–water partition coefficient (Wildman–Crippen LogP) is 2.15. The van der Waals surface area contributed by atoms with Crippen molar-refractivity contribution < 1.29 is 8.42 Å². The van der Waals surface area contributed by atoms with Crippen molar-refractivity contribution >= 4 is 27.4 Å². The van der Waals surface area contributed by atoms with Gasteiger partial charge in [0.2, 0.25) is 5.96 Å². The SMILES string of the molecule is CCCN=C1Nc2ccc(N3CCCCC3)cc2S(=O)(=O)N1. The van der Waals surface area contributed by atoms with Crippen molar-refractivity contribution in [3.05, 3.63) is 18.2 Å². The molecule has 0 saturated carbocycles. The molecule has 0 aliphatic carbocycles. The zero-order valence-corrected chi connectivity index (χ0v) is 13.6. The molecule has 0 spiro atoms. The molecule has 6 nitrogen and oxygen atoms in total. The molecule has 2 aliphatic heterocycles. The average molecular weight is 322 g/mol. The van der Waals surface area contributed by atoms with Crippen LogP contribution in [0.4, 0.5) is 11.4 Å². The number of sulfonamides is 1. The van der Waals surface area contributed by atoms with Gasteiger partial charge in [0, 0.05) is 25.3 Å². The fourth-order valence-electron chi connectivity index (χ4n) is 2.82. The van der Waals surface area contributed by atoms with Crippen molar-refractivity contribution in [2.75, 3.05) is 29.9 Å². The van der Waals surface area contributed by atoms with Gasteiger partial charge in [0.05, 0.1) is 5.69 Å². The Hall–Kier alpha value is -1.76. The molecule has 2 N–H and O–H groups in total. The number of hydrogen-bond acceptors (Lipinski definition) is 4. The molecule has 0 aromatic heterocycles. The molecular formula is C15H22N4O2S. The molecular weight excluding hydrogens is 300 g/mol. The third kappa shape index (κ3) is 3.04. The number of guanidine groups is 1. The molecule has 1 saturated heterocycles. The fourth-order valence-corrected chi connectivity index (χ4v) is 3.98. The minimum Gasteiger partial charge on any atom is -0.371 e. The molecule has 0 unspecified atom stereocenters. The van der Waals surface area contributed by atoms with Crippen LogP contribution in [0.1, 0.15) is 32.6 Å². The summed E-state index contributed by atoms with van der Waals surface area (Å²) in [5.41, 5.74) is 1.56. The van der Waals surface area contributed by atoms with Gasteiger partial charge in [-0.15, -0.1) is 0 Å². The molecule has 0 bridgehead atoms. The van der Waals surface area contributed by atoms with Crippen molar-refractivity contribution in [2.24, 2.45) is 4.99 Å². The Balaban J connectivity index is 1.92. The summed E-state index contributed by atoms with van der Waals surface area (Å²) < 4.78 is 27.4. The molecule has 1 aromatic rings. The maximum absolute atomic E-state index is 12.4. The minimum atomic E-state index is -3.55. The molecule has 22 heavy (non-hydrogen) atoms. The lowest BCUT2D eigenvalue weighted by molar-refractivity contribution is 0.576. The van der Waals surface area contributed by atoms with Crippen LogP contribution in [0.5, 0.6) is 0 Å². The van der Waals surface area contributed by atoms with Gasteiger partial charge in [0.1, 0.15) is 4.90 Å². The number of rotatable bonds is 3. The van der Waals surface area contributed by atoms with E-state index in [-0.39, 0.29) is 0 Å². The Morgan fingerprint density at radius 2 is 2.00 bits per heavy atom. The Labute approximate surface area is 131 Å². The van der Waals surface area contributed by atoms with Gasteiger partial charge in [-0.25, -0.2) is 13.1 Å². The van der Waals surface area contributed by atoms with E-state index in [1.54, 1.807) is 6.07 Å². The standard InChI is InChI=1S/C15H22N4O2S/c1-2-8-16-15-17-13-7-6-12(19-9-4-3-5-10-19)11-14(13)22(20,21)18-15/h6-7,11H,2-5,8-10H2,1H3,(H2,16,17,18). The first-order valence-corrected chi connectivity index (χ1v) is 9.32. The Bertz CT molecular complexity index is 679. The lowest BCUT2D eigenvalue weighted by Gasteiger charge is -2.30. The van der Waals surface area contributed by atoms with E-state index in [1.807, 2.05) is 19.1 Å². The van der Waals surface area contributed by atoms with Crippen molar-refractivity contribution in [3.8, 4) is 0 Å². The van der Waals surface area contributed by atoms with Crippen molar-refractivity contribution in [1.29, 1.82) is 0 Å². The zero-order chi connectivity index (χ0) is 15.6. The van der Waals surface area contributed by atoms with Crippen molar-refractivity contribution in [2.45, 2.75) is 37.5 Å². The highest BCUT2D eigenvalue weighted by Gasteiger charge is 2.27. The van der Waals surface area contributed by atoms with E-state index in [2.05, 4.69) is 19.9 Å². The minimum absolute atomic E-state index is 0.297. The maximum atomic E-state index is 12.4. The maximum Gasteiger partial charge on any atom is 0.266 e. The molecule has 120 valence electrons. The largest absolute Gasteiger partial charge is 0.371 e. The van der Waals surface area contributed by atoms with E-state index in [9.17, 15) is 8.42 Å². The third-order valence-electron chi connectivity index (χ3n) is 3.95. The highest BCUT2D eigenvalue weighted by molar-refractivity contribution is 7.90. The Morgan fingerprint density at radius 1 is 1.23 bits per heavy atom. The van der Waals surface area contributed by atoms with Gasteiger partial charge >= 0.3 is 0 Å². The Kier molecular flexibility index (Phi) is 4.24. The molecule has 2 heterocycles. The lowest BCUT2D eigenvalue weighted by Crippen LogP contribution is -2.41. The number of nitrogens with one attached hydrogen (secondary N) is 2. The molecule has 1 aromatic carbocycles. The highest BCUT2D eigenvalue weighted by atomic mass is 32.2. The van der Waals surface area contributed by atoms with E-state index in [0.29, 0.717) is 23.1 Å². The van der Waals surface area contributed by atoms with Crippen LogP contribution in [-0.4, -0.2) is 34.0 Å². The van der Waals surface area contributed by atoms with Crippen LogP contribution in [-0.2, 0) is 10.0 Å². The molecule has 0 amide bonds. The van der Waals surface area contributed by atoms with Crippen LogP contribution < -0.4 is 14.9 Å². The molecule has 2 aliphatic rings. The number of benzene rings is 1. The summed E-state index contributed by atoms with van der Waals surface area (Å²) in [5.74, 6) is 0.306. The van der Waals surface area contributed by atoms with E-state index in [4.69, 9.17) is 0 Å². The average Bonchev–Trinajstić information content (AvgIpc) is 2.53. The second kappa shape index (κ2) is 6.16. The summed E-state index contributed by atoms with van der Waals surface area (Å²) in [6.45, 7) is 4.57. The highest BCUT2D eigenvalue weighted by Crippen LogP contribution is 2.30. The van der Waals surface area contributed by atoms with Gasteiger partial charge in [0.15, 0.2) is 0 Å². The second-order valence-corrected chi connectivity index (χ2v) is 7.34. The second-order valence-electron chi connectivity index (χ2n) is 5.69. The summed E-state index contributed by atoms with van der Waals surface area (Å²) in [4.78, 5) is 6.76. The summed E-state index contributed by atoms with van der Waals surface area (Å²) in [7, 11) is -3.55. The summed E-state index contributed by atoms with van der Waals surface area (Å²) in [6.07, 6.45) is 4.44. The van der Waals surface area contributed by atoms with Crippen molar-refractivity contribution in [3.63, 3.8) is 0 Å². The van der Waals surface area contributed by atoms with Gasteiger partial charge < -0.3 is 10.2 Å². The van der Waals surface area contributed by atoms with Gasteiger partial charge in [0.25, 0.3) is 10.0 Å². The third-order valence-corrected chi connectivity index (χ3v) is 5.33. The number of fused-ring (bicyclic) bond motifs is 1. The number of piperidine rings is 1. The Morgan fingerprint density at radius 3 is 2.73 bits per heavy atom. The quantitative estimate of drug-likeness (QED) is 0.894. The summed E-state index contributed by atoms with van der Waals surface area (Å²) in [5, 5.41) is 3.06. The molecule has 0 radical (unpaired) electrons. The van der Waals surface area contributed by atoms with Crippen LogP contribution in [0.3, 0.4) is 0 Å². The van der Waals surface area contributed by atoms with Crippen LogP contribution >= 0.6 is 0 Å². The van der Waals surface area contributed by atoms with Gasteiger partial charge in [-0.2, -0.15) is 0 Å². The van der Waals surface area contributed by atoms with Gasteiger partial charge in [-0.3, -0.25) is 4.99 Å². The van der Waals surface area contributed by atoms with E-state index >= 15 is 0 Å². The first-order valence-electron chi connectivity index (χ1n) is 7.83. The van der Waals surface area contributed by atoms with Crippen LogP contribution in [0, 0.1) is 0 Å². The van der Waals surface area contributed by atoms with E-state index in [0.717, 1.165) is 38.0 Å². The number of nitrogens with zero attached hydrogens (tertiary/aromatic N) is 2. The van der Waals surface area contributed by atoms with Crippen LogP contribution in [0.15, 0.2) is 28.1 Å². The number of aliphatic imine (C=N–C) groups is 1. The van der Waals surface area contributed by atoms with Crippen molar-refractivity contribution in [1.82, 2.24) is 4.72 Å². The fraction of sp³-hybridized carbons (Fsp3) is 0.533. The number of anilines is 2. The number of hydrogen-bond donors (Lipinski definition) is 2. The van der Waals surface area contributed by atoms with E-state index < -0.39 is 10.0 Å². The zero-order valence-electron chi connectivity index (χ0n) is 12.8. The van der Waals surface area contributed by atoms with Crippen LogP contribution in [0.2, 0.25) is 0 Å². The first-order chi connectivity index (χ1) is 10.6. The summed E-state index contributed by atoms with van der Waals surface area (Å²) in [6, 6.07) is 5.57. The monoisotopic (exact) mass is 322 g/mol. The van der Waals surface area contributed by atoms with E-state index in [1.165, 1.54) is 6.42 Å². The van der Waals surface area contributed by atoms with Gasteiger partial charge in [-0.05, 0) is 43.9 Å². The smallest absolute Gasteiger partial charge is 0.266 e. The van der Waals surface area contributed by atoms with Crippen LogP contribution in [0.25, 0.3) is 0 Å². The normalized spacial score (nSPS) is 21.9. The predicted molar refractivity (Wildman–Crippen MR) is 89.0 cm³/mol.